The first kappa shape index (κ1) is 19.1. The Labute approximate surface area is 171 Å². The number of nitrogens with two attached hydrogens (primary N) is 1. The lowest BCUT2D eigenvalue weighted by Crippen LogP contribution is -2.52. The number of carbonyl (C=O) groups is 1. The van der Waals surface area contributed by atoms with Gasteiger partial charge in [0.2, 0.25) is 0 Å². The molecule has 1 aliphatic heterocycles. The molecule has 2 unspecified atom stereocenters. The van der Waals surface area contributed by atoms with Gasteiger partial charge in [0.05, 0.1) is 16.3 Å². The molecule has 0 radical (unpaired) electrons. The van der Waals surface area contributed by atoms with Crippen LogP contribution < -0.4 is 10.6 Å². The summed E-state index contributed by atoms with van der Waals surface area (Å²) in [6.07, 6.45) is 0.856. The number of rotatable bonds is 6. The number of halogens is 1. The van der Waals surface area contributed by atoms with E-state index in [1.54, 1.807) is 17.7 Å². The highest BCUT2D eigenvalue weighted by molar-refractivity contribution is 7.17. The molecule has 3 aromatic rings. The predicted octanol–water partition coefficient (Wildman–Crippen LogP) is 2.67. The molecule has 1 aromatic carbocycles. The van der Waals surface area contributed by atoms with Crippen LogP contribution in [-0.2, 0) is 9.53 Å². The zero-order valence-corrected chi connectivity index (χ0v) is 16.6. The van der Waals surface area contributed by atoms with Crippen molar-refractivity contribution in [3.05, 3.63) is 52.6 Å². The van der Waals surface area contributed by atoms with E-state index in [0.717, 1.165) is 47.8 Å². The number of carbonyl (C=O) groups excluding carboxylic acids is 1. The maximum absolute atomic E-state index is 10.9. The maximum atomic E-state index is 10.9. The molecule has 0 saturated carbocycles. The first-order chi connectivity index (χ1) is 13.7. The minimum absolute atomic E-state index is 0.239. The summed E-state index contributed by atoms with van der Waals surface area (Å²) >= 11 is 7.67. The highest BCUT2D eigenvalue weighted by atomic mass is 35.5. The topological polar surface area (TPSA) is 84.6 Å². The Balaban J connectivity index is 1.53. The van der Waals surface area contributed by atoms with Gasteiger partial charge < -0.3 is 9.64 Å². The second kappa shape index (κ2) is 8.40. The summed E-state index contributed by atoms with van der Waals surface area (Å²) in [6.45, 7) is 3.52. The van der Waals surface area contributed by atoms with Gasteiger partial charge in [0.25, 0.3) is 6.47 Å². The van der Waals surface area contributed by atoms with Crippen LogP contribution in [0.4, 0.5) is 5.82 Å². The van der Waals surface area contributed by atoms with E-state index < -0.39 is 6.23 Å². The third-order valence-corrected chi connectivity index (χ3v) is 6.12. The molecule has 0 aliphatic carbocycles. The van der Waals surface area contributed by atoms with Crippen molar-refractivity contribution in [3.8, 4) is 0 Å². The average molecular weight is 418 g/mol. The van der Waals surface area contributed by atoms with E-state index in [4.69, 9.17) is 22.1 Å². The number of benzene rings is 1. The van der Waals surface area contributed by atoms with E-state index in [9.17, 15) is 4.79 Å². The van der Waals surface area contributed by atoms with Gasteiger partial charge in [-0.15, -0.1) is 11.3 Å². The van der Waals surface area contributed by atoms with Gasteiger partial charge in [0, 0.05) is 31.2 Å². The van der Waals surface area contributed by atoms with Crippen LogP contribution in [0.3, 0.4) is 0 Å². The molecule has 4 rings (SSSR count). The molecule has 28 heavy (non-hydrogen) atoms. The van der Waals surface area contributed by atoms with Crippen molar-refractivity contribution in [3.63, 3.8) is 0 Å². The Morgan fingerprint density at radius 2 is 1.89 bits per heavy atom. The zero-order valence-electron chi connectivity index (χ0n) is 15.1. The van der Waals surface area contributed by atoms with Crippen LogP contribution in [0.25, 0.3) is 10.2 Å². The van der Waals surface area contributed by atoms with Crippen LogP contribution in [0.15, 0.2) is 42.0 Å². The predicted molar refractivity (Wildman–Crippen MR) is 111 cm³/mol. The van der Waals surface area contributed by atoms with Gasteiger partial charge in [-0.1, -0.05) is 23.7 Å². The summed E-state index contributed by atoms with van der Waals surface area (Å²) in [4.78, 5) is 24.2. The van der Waals surface area contributed by atoms with Gasteiger partial charge in [-0.25, -0.2) is 9.97 Å². The Morgan fingerprint density at radius 1 is 1.14 bits per heavy atom. The molecule has 1 saturated heterocycles. The van der Waals surface area contributed by atoms with Crippen LogP contribution in [0, 0.1) is 0 Å². The first-order valence-electron chi connectivity index (χ1n) is 8.94. The highest BCUT2D eigenvalue weighted by Gasteiger charge is 2.31. The van der Waals surface area contributed by atoms with E-state index in [2.05, 4.69) is 19.8 Å². The molecular formula is C19H20ClN5O2S. The Morgan fingerprint density at radius 3 is 2.61 bits per heavy atom. The lowest BCUT2D eigenvalue weighted by Gasteiger charge is -2.41. The fourth-order valence-corrected chi connectivity index (χ4v) is 4.61. The van der Waals surface area contributed by atoms with Crippen LogP contribution >= 0.6 is 22.9 Å². The molecule has 1 fully saturated rings. The Bertz CT molecular complexity index is 943. The summed E-state index contributed by atoms with van der Waals surface area (Å²) in [6, 6.07) is 9.26. The van der Waals surface area contributed by atoms with Gasteiger partial charge in [-0.05, 0) is 29.1 Å². The molecule has 0 bridgehead atoms. The van der Waals surface area contributed by atoms with E-state index >= 15 is 0 Å². The van der Waals surface area contributed by atoms with Crippen LogP contribution in [0.2, 0.25) is 5.02 Å². The van der Waals surface area contributed by atoms with Crippen LogP contribution in [0.5, 0.6) is 0 Å². The minimum atomic E-state index is -0.756. The molecule has 9 heteroatoms. The number of aromatic nitrogens is 2. The van der Waals surface area contributed by atoms with Crippen LogP contribution in [-0.4, -0.2) is 53.7 Å². The fourth-order valence-electron chi connectivity index (χ4n) is 3.62. The highest BCUT2D eigenvalue weighted by Crippen LogP contribution is 2.31. The second-order valence-corrected chi connectivity index (χ2v) is 7.90. The maximum Gasteiger partial charge on any atom is 0.294 e. The Kier molecular flexibility index (Phi) is 5.72. The lowest BCUT2D eigenvalue weighted by atomic mass is 10.0. The molecule has 0 spiro atoms. The van der Waals surface area contributed by atoms with Gasteiger partial charge >= 0.3 is 0 Å². The van der Waals surface area contributed by atoms with Gasteiger partial charge in [0.15, 0.2) is 6.23 Å². The van der Waals surface area contributed by atoms with Crippen molar-refractivity contribution in [2.75, 3.05) is 31.1 Å². The van der Waals surface area contributed by atoms with E-state index in [1.807, 2.05) is 35.7 Å². The molecule has 3 heterocycles. The summed E-state index contributed by atoms with van der Waals surface area (Å²) in [7, 11) is 0. The zero-order chi connectivity index (χ0) is 19.5. The van der Waals surface area contributed by atoms with Crippen molar-refractivity contribution in [1.82, 2.24) is 14.9 Å². The smallest absolute Gasteiger partial charge is 0.294 e. The van der Waals surface area contributed by atoms with Gasteiger partial charge in [-0.3, -0.25) is 15.4 Å². The number of thiophene rings is 1. The van der Waals surface area contributed by atoms with Crippen molar-refractivity contribution in [2.24, 2.45) is 5.73 Å². The summed E-state index contributed by atoms with van der Waals surface area (Å²) in [5, 5.41) is 2.69. The van der Waals surface area contributed by atoms with Crippen LogP contribution in [0.1, 0.15) is 11.6 Å². The van der Waals surface area contributed by atoms with Crippen molar-refractivity contribution in [1.29, 1.82) is 0 Å². The summed E-state index contributed by atoms with van der Waals surface area (Å²) in [5.41, 5.74) is 8.11. The molecule has 2 atom stereocenters. The number of ether oxygens (including phenoxy) is 1. The molecule has 0 amide bonds. The number of fused-ring (bicyclic) bond motifs is 1. The normalized spacial score (nSPS) is 17.4. The number of anilines is 1. The summed E-state index contributed by atoms with van der Waals surface area (Å²) < 4.78 is 6.19. The summed E-state index contributed by atoms with van der Waals surface area (Å²) in [5.74, 6) is 0.969. The average Bonchev–Trinajstić information content (AvgIpc) is 3.19. The fraction of sp³-hybridized carbons (Fsp3) is 0.316. The lowest BCUT2D eigenvalue weighted by molar-refractivity contribution is -0.137. The standard InChI is InChI=1S/C19H20ClN5O2S/c20-14-3-1-13(2-4-14)16(18(21)27-12-26)24-6-8-25(9-7-24)19-17-15(5-10-28-17)22-11-23-19/h1-5,10-12,16,18H,6-9,21H2. The molecule has 7 nitrogen and oxygen atoms in total. The van der Waals surface area contributed by atoms with E-state index in [-0.39, 0.29) is 6.04 Å². The van der Waals surface area contributed by atoms with E-state index in [0.29, 0.717) is 11.5 Å². The molecule has 1 aliphatic rings. The molecule has 146 valence electrons. The van der Waals surface area contributed by atoms with E-state index in [1.165, 1.54) is 0 Å². The number of hydrogen-bond donors (Lipinski definition) is 1. The van der Waals surface area contributed by atoms with Gasteiger partial charge in [-0.2, -0.15) is 0 Å². The number of nitrogens with zero attached hydrogens (tertiary/aromatic N) is 4. The Hall–Kier alpha value is -2.26. The van der Waals surface area contributed by atoms with Gasteiger partial charge in [0.1, 0.15) is 12.1 Å². The SMILES string of the molecule is NC(OC=O)C(c1ccc(Cl)cc1)N1CCN(c2ncnc3ccsc23)CC1. The largest absolute Gasteiger partial charge is 0.447 e. The monoisotopic (exact) mass is 417 g/mol. The third kappa shape index (κ3) is 3.81. The van der Waals surface area contributed by atoms with Crippen molar-refractivity contribution < 1.29 is 9.53 Å². The number of piperazine rings is 1. The quantitative estimate of drug-likeness (QED) is 0.487. The number of hydrogen-bond acceptors (Lipinski definition) is 8. The third-order valence-electron chi connectivity index (χ3n) is 4.97. The minimum Gasteiger partial charge on any atom is -0.447 e. The first-order valence-corrected chi connectivity index (χ1v) is 10.2. The van der Waals surface area contributed by atoms with Crippen molar-refractivity contribution >= 4 is 45.4 Å². The van der Waals surface area contributed by atoms with Crippen molar-refractivity contribution in [2.45, 2.75) is 12.3 Å². The second-order valence-electron chi connectivity index (χ2n) is 6.55. The molecule has 2 N–H and O–H groups in total. The molecule has 2 aromatic heterocycles. The molecular weight excluding hydrogens is 398 g/mol.